The molecule has 1 aromatic heterocycles. The summed E-state index contributed by atoms with van der Waals surface area (Å²) in [6.45, 7) is 1.72. The first-order valence-electron chi connectivity index (χ1n) is 9.26. The fourth-order valence-corrected chi connectivity index (χ4v) is 3.30. The van der Waals surface area contributed by atoms with E-state index < -0.39 is 0 Å². The molecule has 1 atom stereocenters. The summed E-state index contributed by atoms with van der Waals surface area (Å²) in [5, 5.41) is 2.85. The summed E-state index contributed by atoms with van der Waals surface area (Å²) in [7, 11) is 0. The molecule has 6 nitrogen and oxygen atoms in total. The lowest BCUT2D eigenvalue weighted by Crippen LogP contribution is -2.24. The van der Waals surface area contributed by atoms with Gasteiger partial charge in [0.15, 0.2) is 0 Å². The first kappa shape index (κ1) is 17.9. The normalized spacial score (nSPS) is 16.0. The molecule has 0 aliphatic carbocycles. The standard InChI is InChI=1S/C22H22N4O2/c23-20-5-1-2-6-21(20)25-22(27)16-7-9-17(10-8-16)26-13-11-19(15-26)28-18-4-3-12-24-14-18/h1-10,12,14,19H,11,13,15,23H2,(H,25,27)/t19-/m1/s1. The van der Waals surface area contributed by atoms with Gasteiger partial charge in [-0.2, -0.15) is 0 Å². The molecule has 1 aliphatic rings. The van der Waals surface area contributed by atoms with Crippen molar-refractivity contribution in [2.24, 2.45) is 0 Å². The predicted octanol–water partition coefficient (Wildman–Crippen LogP) is 3.57. The van der Waals surface area contributed by atoms with Crippen LogP contribution in [0.15, 0.2) is 73.1 Å². The number of ether oxygens (including phenoxy) is 1. The third-order valence-electron chi connectivity index (χ3n) is 4.79. The van der Waals surface area contributed by atoms with Crippen molar-refractivity contribution in [1.82, 2.24) is 4.98 Å². The van der Waals surface area contributed by atoms with Crippen LogP contribution in [-0.4, -0.2) is 30.1 Å². The average molecular weight is 374 g/mol. The zero-order chi connectivity index (χ0) is 19.3. The Morgan fingerprint density at radius 1 is 1.11 bits per heavy atom. The fraction of sp³-hybridized carbons (Fsp3) is 0.182. The molecule has 142 valence electrons. The Kier molecular flexibility index (Phi) is 5.10. The molecule has 3 N–H and O–H groups in total. The van der Waals surface area contributed by atoms with Gasteiger partial charge in [0.1, 0.15) is 11.9 Å². The highest BCUT2D eigenvalue weighted by molar-refractivity contribution is 6.05. The van der Waals surface area contributed by atoms with E-state index in [1.807, 2.05) is 48.5 Å². The van der Waals surface area contributed by atoms with Crippen molar-refractivity contribution >= 4 is 23.0 Å². The smallest absolute Gasteiger partial charge is 0.255 e. The number of nitrogens with zero attached hydrogens (tertiary/aromatic N) is 2. The predicted molar refractivity (Wildman–Crippen MR) is 111 cm³/mol. The molecule has 0 saturated carbocycles. The highest BCUT2D eigenvalue weighted by Crippen LogP contribution is 2.24. The van der Waals surface area contributed by atoms with E-state index in [-0.39, 0.29) is 12.0 Å². The summed E-state index contributed by atoms with van der Waals surface area (Å²) in [6.07, 6.45) is 4.55. The van der Waals surface area contributed by atoms with E-state index in [0.29, 0.717) is 16.9 Å². The molecule has 2 heterocycles. The Morgan fingerprint density at radius 2 is 1.93 bits per heavy atom. The molecule has 28 heavy (non-hydrogen) atoms. The van der Waals surface area contributed by atoms with Gasteiger partial charge in [-0.1, -0.05) is 12.1 Å². The Hall–Kier alpha value is -3.54. The molecule has 1 amide bonds. The fourth-order valence-electron chi connectivity index (χ4n) is 3.30. The number of nitrogens with one attached hydrogen (secondary N) is 1. The zero-order valence-corrected chi connectivity index (χ0v) is 15.4. The average Bonchev–Trinajstić information content (AvgIpc) is 3.19. The number of hydrogen-bond donors (Lipinski definition) is 2. The Balaban J connectivity index is 1.37. The first-order valence-corrected chi connectivity index (χ1v) is 9.26. The van der Waals surface area contributed by atoms with Gasteiger partial charge >= 0.3 is 0 Å². The van der Waals surface area contributed by atoms with E-state index in [1.54, 1.807) is 24.5 Å². The molecule has 0 unspecified atom stereocenters. The van der Waals surface area contributed by atoms with Crippen LogP contribution in [0, 0.1) is 0 Å². The second-order valence-electron chi connectivity index (χ2n) is 6.75. The number of carbonyl (C=O) groups is 1. The molecule has 6 heteroatoms. The van der Waals surface area contributed by atoms with E-state index in [4.69, 9.17) is 10.5 Å². The van der Waals surface area contributed by atoms with Crippen molar-refractivity contribution in [2.45, 2.75) is 12.5 Å². The van der Waals surface area contributed by atoms with Crippen molar-refractivity contribution in [2.75, 3.05) is 29.0 Å². The number of carbonyl (C=O) groups excluding carboxylic acids is 1. The molecule has 1 fully saturated rings. The van der Waals surface area contributed by atoms with Gasteiger partial charge in [0.05, 0.1) is 24.1 Å². The number of benzene rings is 2. The molecule has 2 aromatic carbocycles. The number of nitrogens with two attached hydrogens (primary N) is 1. The molecule has 4 rings (SSSR count). The Labute approximate surface area is 164 Å². The van der Waals surface area contributed by atoms with Gasteiger partial charge in [-0.05, 0) is 48.5 Å². The van der Waals surface area contributed by atoms with Gasteiger partial charge in [-0.15, -0.1) is 0 Å². The van der Waals surface area contributed by atoms with Crippen LogP contribution in [0.3, 0.4) is 0 Å². The van der Waals surface area contributed by atoms with Crippen LogP contribution < -0.4 is 20.7 Å². The van der Waals surface area contributed by atoms with Crippen LogP contribution in [0.5, 0.6) is 5.75 Å². The van der Waals surface area contributed by atoms with E-state index in [9.17, 15) is 4.79 Å². The highest BCUT2D eigenvalue weighted by atomic mass is 16.5. The SMILES string of the molecule is Nc1ccccc1NC(=O)c1ccc(N2CC[C@@H](Oc3cccnc3)C2)cc1. The van der Waals surface area contributed by atoms with Crippen LogP contribution in [-0.2, 0) is 0 Å². The van der Waals surface area contributed by atoms with Crippen molar-refractivity contribution in [1.29, 1.82) is 0 Å². The number of pyridine rings is 1. The summed E-state index contributed by atoms with van der Waals surface area (Å²) in [5.41, 5.74) is 8.72. The number of rotatable bonds is 5. The minimum atomic E-state index is -0.177. The number of para-hydroxylation sites is 2. The summed E-state index contributed by atoms with van der Waals surface area (Å²) < 4.78 is 5.99. The van der Waals surface area contributed by atoms with Crippen molar-refractivity contribution in [3.05, 3.63) is 78.6 Å². The van der Waals surface area contributed by atoms with Crippen LogP contribution in [0.1, 0.15) is 16.8 Å². The molecular weight excluding hydrogens is 352 g/mol. The minimum Gasteiger partial charge on any atom is -0.487 e. The Morgan fingerprint density at radius 3 is 2.68 bits per heavy atom. The third kappa shape index (κ3) is 4.06. The van der Waals surface area contributed by atoms with Crippen molar-refractivity contribution in [3.8, 4) is 5.75 Å². The van der Waals surface area contributed by atoms with Crippen LogP contribution >= 0.6 is 0 Å². The molecule has 1 aliphatic heterocycles. The zero-order valence-electron chi connectivity index (χ0n) is 15.4. The maximum Gasteiger partial charge on any atom is 0.255 e. The maximum absolute atomic E-state index is 12.4. The second kappa shape index (κ2) is 8.00. The molecular formula is C22H22N4O2. The van der Waals surface area contributed by atoms with Gasteiger partial charge in [0.25, 0.3) is 5.91 Å². The summed E-state index contributed by atoms with van der Waals surface area (Å²) in [4.78, 5) is 18.8. The number of aromatic nitrogens is 1. The van der Waals surface area contributed by atoms with E-state index in [2.05, 4.69) is 15.2 Å². The molecule has 0 radical (unpaired) electrons. The van der Waals surface area contributed by atoms with Gasteiger partial charge in [0.2, 0.25) is 0 Å². The maximum atomic E-state index is 12.4. The van der Waals surface area contributed by atoms with Gasteiger partial charge in [-0.3, -0.25) is 9.78 Å². The van der Waals surface area contributed by atoms with Crippen LogP contribution in [0.4, 0.5) is 17.1 Å². The largest absolute Gasteiger partial charge is 0.487 e. The number of nitrogen functional groups attached to an aromatic ring is 1. The second-order valence-corrected chi connectivity index (χ2v) is 6.75. The quantitative estimate of drug-likeness (QED) is 0.667. The lowest BCUT2D eigenvalue weighted by molar-refractivity contribution is 0.102. The van der Waals surface area contributed by atoms with Gasteiger partial charge in [0, 0.05) is 30.4 Å². The van der Waals surface area contributed by atoms with Gasteiger partial charge < -0.3 is 20.7 Å². The monoisotopic (exact) mass is 374 g/mol. The number of amides is 1. The topological polar surface area (TPSA) is 80.5 Å². The summed E-state index contributed by atoms with van der Waals surface area (Å²) in [5.74, 6) is 0.616. The van der Waals surface area contributed by atoms with Gasteiger partial charge in [-0.25, -0.2) is 0 Å². The van der Waals surface area contributed by atoms with E-state index >= 15 is 0 Å². The number of anilines is 3. The van der Waals surface area contributed by atoms with E-state index in [0.717, 1.165) is 30.9 Å². The molecule has 0 spiro atoms. The Bertz CT molecular complexity index is 944. The summed E-state index contributed by atoms with van der Waals surface area (Å²) in [6, 6.07) is 18.6. The van der Waals surface area contributed by atoms with Crippen LogP contribution in [0.2, 0.25) is 0 Å². The summed E-state index contributed by atoms with van der Waals surface area (Å²) >= 11 is 0. The molecule has 3 aromatic rings. The molecule has 1 saturated heterocycles. The molecule has 0 bridgehead atoms. The highest BCUT2D eigenvalue weighted by Gasteiger charge is 2.24. The van der Waals surface area contributed by atoms with Crippen molar-refractivity contribution < 1.29 is 9.53 Å². The lowest BCUT2D eigenvalue weighted by atomic mass is 10.1. The van der Waals surface area contributed by atoms with Crippen molar-refractivity contribution in [3.63, 3.8) is 0 Å². The minimum absolute atomic E-state index is 0.133. The van der Waals surface area contributed by atoms with Crippen LogP contribution in [0.25, 0.3) is 0 Å². The van der Waals surface area contributed by atoms with E-state index in [1.165, 1.54) is 0 Å². The number of hydrogen-bond acceptors (Lipinski definition) is 5. The first-order chi connectivity index (χ1) is 13.7. The third-order valence-corrected chi connectivity index (χ3v) is 4.79. The lowest BCUT2D eigenvalue weighted by Gasteiger charge is -2.19.